The van der Waals surface area contributed by atoms with Crippen molar-refractivity contribution in [3.05, 3.63) is 42.5 Å². The molecular weight excluding hydrogens is 456 g/mol. The highest BCUT2D eigenvalue weighted by Crippen LogP contribution is 2.19. The third-order valence-electron chi connectivity index (χ3n) is 6.09. The van der Waals surface area contributed by atoms with Crippen LogP contribution in [0.15, 0.2) is 42.5 Å². The topological polar surface area (TPSA) is 107 Å². The molecule has 1 heterocycles. The van der Waals surface area contributed by atoms with Crippen LogP contribution in [0.5, 0.6) is 0 Å². The van der Waals surface area contributed by atoms with Crippen molar-refractivity contribution in [2.24, 2.45) is 5.92 Å². The summed E-state index contributed by atoms with van der Waals surface area (Å²) in [6.45, 7) is 11.2. The Morgan fingerprint density at radius 3 is 2.53 bits per heavy atom. The van der Waals surface area contributed by atoms with Gasteiger partial charge in [0.15, 0.2) is 0 Å². The van der Waals surface area contributed by atoms with Crippen molar-refractivity contribution in [1.82, 2.24) is 26.2 Å². The molecule has 1 aliphatic heterocycles. The van der Waals surface area contributed by atoms with E-state index in [0.29, 0.717) is 12.5 Å². The molecule has 3 unspecified atom stereocenters. The number of carbonyl (C=O) groups is 2. The van der Waals surface area contributed by atoms with Crippen molar-refractivity contribution in [3.63, 3.8) is 0 Å². The van der Waals surface area contributed by atoms with E-state index in [0.717, 1.165) is 35.8 Å². The number of nitrogens with one attached hydrogen (secondary N) is 5. The van der Waals surface area contributed by atoms with Crippen LogP contribution in [0.1, 0.15) is 47.5 Å². The highest BCUT2D eigenvalue weighted by molar-refractivity contribution is 5.93. The molecule has 3 atom stereocenters. The highest BCUT2D eigenvalue weighted by atomic mass is 16.6. The molecule has 1 saturated heterocycles. The Morgan fingerprint density at radius 1 is 1.11 bits per heavy atom. The predicted molar refractivity (Wildman–Crippen MR) is 145 cm³/mol. The Kier molecular flexibility index (Phi) is 9.53. The second-order valence-electron chi connectivity index (χ2n) is 10.8. The minimum atomic E-state index is -0.503. The molecule has 5 N–H and O–H groups in total. The van der Waals surface area contributed by atoms with E-state index in [1.165, 1.54) is 0 Å². The van der Waals surface area contributed by atoms with Gasteiger partial charge in [-0.3, -0.25) is 10.6 Å². The molecule has 1 aliphatic rings. The first kappa shape index (κ1) is 27.7. The van der Waals surface area contributed by atoms with Crippen LogP contribution in [-0.4, -0.2) is 61.3 Å². The van der Waals surface area contributed by atoms with Gasteiger partial charge >= 0.3 is 12.1 Å². The largest absolute Gasteiger partial charge is 0.444 e. The second-order valence-corrected chi connectivity index (χ2v) is 10.8. The van der Waals surface area contributed by atoms with Gasteiger partial charge in [-0.15, -0.1) is 0 Å². The molecule has 0 spiro atoms. The first-order valence-electron chi connectivity index (χ1n) is 12.8. The number of hydrogen-bond acceptors (Lipinski definition) is 6. The van der Waals surface area contributed by atoms with E-state index >= 15 is 0 Å². The van der Waals surface area contributed by atoms with Crippen LogP contribution in [0, 0.1) is 5.92 Å². The predicted octanol–water partition coefficient (Wildman–Crippen LogP) is 4.03. The van der Waals surface area contributed by atoms with Gasteiger partial charge in [0.2, 0.25) is 0 Å². The average molecular weight is 499 g/mol. The standard InChI is InChI=1S/C27H42N6O3/c1-18(2)22-17-23(28-14-9-15-33(6)26(35)36-27(3,4)5)31-24(30-22)32-25(34)29-21-13-12-19-10-7-8-11-20(19)16-21/h7-8,10-13,16,18,22-24,28,30-31H,9,14-15,17H2,1-6H3,(H2,29,32,34). The van der Waals surface area contributed by atoms with Gasteiger partial charge in [-0.1, -0.05) is 44.2 Å². The molecule has 3 amide bonds. The maximum absolute atomic E-state index is 12.7. The summed E-state index contributed by atoms with van der Waals surface area (Å²) in [6, 6.07) is 13.9. The summed E-state index contributed by atoms with van der Waals surface area (Å²) in [4.78, 5) is 26.5. The third-order valence-corrected chi connectivity index (χ3v) is 6.09. The van der Waals surface area contributed by atoms with Gasteiger partial charge < -0.3 is 25.6 Å². The molecule has 36 heavy (non-hydrogen) atoms. The quantitative estimate of drug-likeness (QED) is 0.352. The fourth-order valence-corrected chi connectivity index (χ4v) is 4.13. The van der Waals surface area contributed by atoms with E-state index in [9.17, 15) is 9.59 Å². The zero-order valence-corrected chi connectivity index (χ0v) is 22.4. The van der Waals surface area contributed by atoms with Crippen LogP contribution in [-0.2, 0) is 4.74 Å². The van der Waals surface area contributed by atoms with E-state index < -0.39 is 5.60 Å². The Balaban J connectivity index is 1.48. The lowest BCUT2D eigenvalue weighted by atomic mass is 9.97. The smallest absolute Gasteiger partial charge is 0.410 e. The summed E-state index contributed by atoms with van der Waals surface area (Å²) >= 11 is 0. The van der Waals surface area contributed by atoms with Crippen molar-refractivity contribution in [1.29, 1.82) is 0 Å². The number of hydrogen-bond donors (Lipinski definition) is 5. The number of urea groups is 1. The fraction of sp³-hybridized carbons (Fsp3) is 0.556. The van der Waals surface area contributed by atoms with Crippen LogP contribution in [0.25, 0.3) is 10.8 Å². The van der Waals surface area contributed by atoms with Gasteiger partial charge in [-0.25, -0.2) is 9.59 Å². The Bertz CT molecular complexity index is 1020. The van der Waals surface area contributed by atoms with E-state index in [2.05, 4.69) is 40.4 Å². The summed E-state index contributed by atoms with van der Waals surface area (Å²) in [6.07, 6.45) is 0.993. The lowest BCUT2D eigenvalue weighted by molar-refractivity contribution is 0.0296. The minimum Gasteiger partial charge on any atom is -0.444 e. The molecule has 0 bridgehead atoms. The van der Waals surface area contributed by atoms with Crippen molar-refractivity contribution in [3.8, 4) is 0 Å². The molecule has 9 nitrogen and oxygen atoms in total. The third kappa shape index (κ3) is 8.65. The van der Waals surface area contributed by atoms with Crippen LogP contribution in [0.2, 0.25) is 0 Å². The molecule has 3 rings (SSSR count). The monoisotopic (exact) mass is 498 g/mol. The molecule has 2 aromatic rings. The summed E-state index contributed by atoms with van der Waals surface area (Å²) in [5, 5.41) is 18.6. The van der Waals surface area contributed by atoms with E-state index in [-0.39, 0.29) is 30.6 Å². The zero-order valence-electron chi connectivity index (χ0n) is 22.4. The zero-order chi connectivity index (χ0) is 26.3. The van der Waals surface area contributed by atoms with Gasteiger partial charge in [0, 0.05) is 25.3 Å². The maximum Gasteiger partial charge on any atom is 0.410 e. The van der Waals surface area contributed by atoms with Crippen molar-refractivity contribution in [2.45, 2.75) is 71.6 Å². The van der Waals surface area contributed by atoms with E-state index in [4.69, 9.17) is 4.74 Å². The number of benzene rings is 2. The van der Waals surface area contributed by atoms with Crippen molar-refractivity contribution < 1.29 is 14.3 Å². The van der Waals surface area contributed by atoms with Gasteiger partial charge in [0.25, 0.3) is 0 Å². The number of ether oxygens (including phenoxy) is 1. The number of rotatable bonds is 8. The molecule has 0 saturated carbocycles. The molecule has 0 aromatic heterocycles. The number of carbonyl (C=O) groups excluding carboxylic acids is 2. The summed E-state index contributed by atoms with van der Waals surface area (Å²) in [5.74, 6) is 0.405. The second kappa shape index (κ2) is 12.4. The average Bonchev–Trinajstić information content (AvgIpc) is 2.80. The number of fused-ring (bicyclic) bond motifs is 1. The van der Waals surface area contributed by atoms with Gasteiger partial charge in [-0.2, -0.15) is 0 Å². The Labute approximate surface area is 214 Å². The normalized spacial score (nSPS) is 20.2. The number of nitrogens with zero attached hydrogens (tertiary/aromatic N) is 1. The molecule has 198 valence electrons. The molecule has 0 aliphatic carbocycles. The van der Waals surface area contributed by atoms with Crippen LogP contribution in [0.3, 0.4) is 0 Å². The van der Waals surface area contributed by atoms with E-state index in [1.807, 2.05) is 63.2 Å². The lowest BCUT2D eigenvalue weighted by Crippen LogP contribution is -2.69. The Morgan fingerprint density at radius 2 is 1.83 bits per heavy atom. The van der Waals surface area contributed by atoms with Crippen LogP contribution < -0.4 is 26.6 Å². The lowest BCUT2D eigenvalue weighted by Gasteiger charge is -2.40. The summed E-state index contributed by atoms with van der Waals surface area (Å²) < 4.78 is 5.40. The van der Waals surface area contributed by atoms with Crippen molar-refractivity contribution in [2.75, 3.05) is 25.5 Å². The van der Waals surface area contributed by atoms with Crippen LogP contribution >= 0.6 is 0 Å². The molecule has 2 aromatic carbocycles. The first-order valence-corrected chi connectivity index (χ1v) is 12.8. The SMILES string of the molecule is CC(C)C1CC(NCCCN(C)C(=O)OC(C)(C)C)NC(NC(=O)Nc2ccc3ccccc3c2)N1. The maximum atomic E-state index is 12.7. The van der Waals surface area contributed by atoms with E-state index in [1.54, 1.807) is 11.9 Å². The molecular formula is C27H42N6O3. The molecule has 0 radical (unpaired) electrons. The summed E-state index contributed by atoms with van der Waals surface area (Å²) in [7, 11) is 1.75. The fourth-order valence-electron chi connectivity index (χ4n) is 4.13. The minimum absolute atomic E-state index is 0.0245. The van der Waals surface area contributed by atoms with Crippen molar-refractivity contribution >= 4 is 28.6 Å². The van der Waals surface area contributed by atoms with Gasteiger partial charge in [0.05, 0.1) is 6.17 Å². The highest BCUT2D eigenvalue weighted by Gasteiger charge is 2.30. The summed E-state index contributed by atoms with van der Waals surface area (Å²) in [5.41, 5.74) is 0.239. The van der Waals surface area contributed by atoms with Crippen LogP contribution in [0.4, 0.5) is 15.3 Å². The first-order chi connectivity index (χ1) is 17.0. The number of anilines is 1. The Hall–Kier alpha value is -2.88. The van der Waals surface area contributed by atoms with Gasteiger partial charge in [-0.05, 0) is 69.0 Å². The molecule has 1 fully saturated rings. The van der Waals surface area contributed by atoms with Gasteiger partial charge in [0.1, 0.15) is 11.9 Å². The number of amides is 3. The molecule has 9 heteroatoms.